The molecular weight excluding hydrogens is 266 g/mol. The van der Waals surface area contributed by atoms with E-state index in [0.29, 0.717) is 6.61 Å². The van der Waals surface area contributed by atoms with E-state index in [1.165, 1.54) is 10.8 Å². The van der Waals surface area contributed by atoms with Crippen molar-refractivity contribution in [3.05, 3.63) is 64.4 Å². The Morgan fingerprint density at radius 2 is 1.95 bits per heavy atom. The molecule has 2 aromatic carbocycles. The van der Waals surface area contributed by atoms with E-state index in [9.17, 15) is 0 Å². The van der Waals surface area contributed by atoms with Gasteiger partial charge in [0.1, 0.15) is 5.75 Å². The Labute approximate surface area is 122 Å². The maximum absolute atomic E-state index is 6.49. The maximum Gasteiger partial charge on any atom is 0.125 e. The quantitative estimate of drug-likeness (QED) is 0.772. The van der Waals surface area contributed by atoms with Crippen LogP contribution in [0.15, 0.2) is 53.9 Å². The Morgan fingerprint density at radius 1 is 1.10 bits per heavy atom. The molecule has 0 saturated carbocycles. The summed E-state index contributed by atoms with van der Waals surface area (Å²) in [6.07, 6.45) is 0. The van der Waals surface area contributed by atoms with Gasteiger partial charge in [0.2, 0.25) is 0 Å². The van der Waals surface area contributed by atoms with E-state index >= 15 is 0 Å². The summed E-state index contributed by atoms with van der Waals surface area (Å²) in [5.74, 6) is 0.882. The Balaban J connectivity index is 2.21. The summed E-state index contributed by atoms with van der Waals surface area (Å²) in [7, 11) is 0. The van der Waals surface area contributed by atoms with Crippen LogP contribution in [0.5, 0.6) is 5.75 Å². The first kappa shape index (κ1) is 13.2. The minimum atomic E-state index is -0.150. The molecule has 0 aliphatic rings. The van der Waals surface area contributed by atoms with E-state index in [2.05, 4.69) is 29.6 Å². The fraction of sp³-hybridized carbons (Fsp3) is 0.176. The third-order valence-corrected chi connectivity index (χ3v) is 4.35. The lowest BCUT2D eigenvalue weighted by Gasteiger charge is -2.18. The third kappa shape index (κ3) is 2.30. The van der Waals surface area contributed by atoms with Crippen molar-refractivity contribution < 1.29 is 4.74 Å². The molecule has 2 nitrogen and oxygen atoms in total. The second-order valence-corrected chi connectivity index (χ2v) is 5.60. The largest absolute Gasteiger partial charge is 0.493 e. The van der Waals surface area contributed by atoms with Crippen molar-refractivity contribution in [3.63, 3.8) is 0 Å². The summed E-state index contributed by atoms with van der Waals surface area (Å²) in [4.78, 5) is 1.15. The monoisotopic (exact) mass is 283 g/mol. The lowest BCUT2D eigenvalue weighted by atomic mass is 9.97. The van der Waals surface area contributed by atoms with E-state index in [-0.39, 0.29) is 6.04 Å². The van der Waals surface area contributed by atoms with E-state index in [1.807, 2.05) is 31.2 Å². The topological polar surface area (TPSA) is 35.2 Å². The summed E-state index contributed by atoms with van der Waals surface area (Å²) < 4.78 is 5.79. The van der Waals surface area contributed by atoms with Gasteiger partial charge in [-0.05, 0) is 35.2 Å². The van der Waals surface area contributed by atoms with Crippen molar-refractivity contribution >= 4 is 22.1 Å². The highest BCUT2D eigenvalue weighted by molar-refractivity contribution is 7.10. The first-order valence-electron chi connectivity index (χ1n) is 6.74. The van der Waals surface area contributed by atoms with Gasteiger partial charge in [0, 0.05) is 10.4 Å². The van der Waals surface area contributed by atoms with Crippen molar-refractivity contribution in [2.45, 2.75) is 13.0 Å². The molecule has 102 valence electrons. The molecule has 3 rings (SSSR count). The van der Waals surface area contributed by atoms with E-state index in [0.717, 1.165) is 16.2 Å². The zero-order chi connectivity index (χ0) is 13.9. The fourth-order valence-electron chi connectivity index (χ4n) is 2.49. The van der Waals surface area contributed by atoms with Crippen molar-refractivity contribution in [3.8, 4) is 5.75 Å². The second-order valence-electron chi connectivity index (χ2n) is 4.62. The third-order valence-electron chi connectivity index (χ3n) is 3.39. The summed E-state index contributed by atoms with van der Waals surface area (Å²) in [6, 6.07) is 16.4. The van der Waals surface area contributed by atoms with Gasteiger partial charge in [0.25, 0.3) is 0 Å². The smallest absolute Gasteiger partial charge is 0.125 e. The maximum atomic E-state index is 6.49. The van der Waals surface area contributed by atoms with Gasteiger partial charge < -0.3 is 10.5 Å². The Kier molecular flexibility index (Phi) is 3.72. The lowest BCUT2D eigenvalue weighted by molar-refractivity contribution is 0.336. The first-order chi connectivity index (χ1) is 9.81. The summed E-state index contributed by atoms with van der Waals surface area (Å²) in [5, 5.41) is 4.41. The molecule has 1 heterocycles. The highest BCUT2D eigenvalue weighted by Gasteiger charge is 2.18. The molecule has 0 spiro atoms. The van der Waals surface area contributed by atoms with Gasteiger partial charge in [-0.25, -0.2) is 0 Å². The number of benzene rings is 2. The molecular formula is C17H17NOS. The lowest BCUT2D eigenvalue weighted by Crippen LogP contribution is -2.13. The number of hydrogen-bond acceptors (Lipinski definition) is 3. The van der Waals surface area contributed by atoms with Crippen LogP contribution < -0.4 is 10.5 Å². The van der Waals surface area contributed by atoms with Crippen LogP contribution in [0.4, 0.5) is 0 Å². The molecule has 2 N–H and O–H groups in total. The highest BCUT2D eigenvalue weighted by atomic mass is 32.1. The summed E-state index contributed by atoms with van der Waals surface area (Å²) in [6.45, 7) is 2.64. The fourth-order valence-corrected chi connectivity index (χ4v) is 3.22. The molecule has 0 unspecified atom stereocenters. The van der Waals surface area contributed by atoms with Crippen molar-refractivity contribution in [1.82, 2.24) is 0 Å². The molecule has 3 aromatic rings. The molecule has 20 heavy (non-hydrogen) atoms. The minimum absolute atomic E-state index is 0.150. The van der Waals surface area contributed by atoms with Crippen LogP contribution in [-0.2, 0) is 0 Å². The van der Waals surface area contributed by atoms with Crippen LogP contribution in [0, 0.1) is 0 Å². The van der Waals surface area contributed by atoms with Gasteiger partial charge in [-0.15, -0.1) is 11.3 Å². The van der Waals surface area contributed by atoms with E-state index < -0.39 is 0 Å². The first-order valence-corrected chi connectivity index (χ1v) is 7.62. The SMILES string of the molecule is CCOc1ccc2ccccc2c1[C@@H](N)c1cccs1. The van der Waals surface area contributed by atoms with Crippen molar-refractivity contribution in [2.75, 3.05) is 6.61 Å². The molecule has 0 fully saturated rings. The molecule has 0 saturated heterocycles. The Bertz CT molecular complexity index is 706. The van der Waals surface area contributed by atoms with Gasteiger partial charge in [-0.2, -0.15) is 0 Å². The second kappa shape index (κ2) is 5.65. The normalized spacial score (nSPS) is 12.5. The van der Waals surface area contributed by atoms with Gasteiger partial charge in [-0.3, -0.25) is 0 Å². The molecule has 0 radical (unpaired) electrons. The van der Waals surface area contributed by atoms with Crippen LogP contribution in [0.25, 0.3) is 10.8 Å². The van der Waals surface area contributed by atoms with Gasteiger partial charge in [-0.1, -0.05) is 36.4 Å². The van der Waals surface area contributed by atoms with Gasteiger partial charge >= 0.3 is 0 Å². The highest BCUT2D eigenvalue weighted by Crippen LogP contribution is 2.36. The number of nitrogens with two attached hydrogens (primary N) is 1. The zero-order valence-electron chi connectivity index (χ0n) is 11.4. The molecule has 0 amide bonds. The van der Waals surface area contributed by atoms with Crippen LogP contribution in [0.1, 0.15) is 23.4 Å². The Hall–Kier alpha value is -1.84. The standard InChI is InChI=1S/C17H17NOS/c1-2-19-14-10-9-12-6-3-4-7-13(12)16(14)17(18)15-8-5-11-20-15/h3-11,17H,2,18H2,1H3/t17-/m0/s1. The molecule has 0 aliphatic heterocycles. The molecule has 3 heteroatoms. The van der Waals surface area contributed by atoms with Crippen LogP contribution in [0.3, 0.4) is 0 Å². The number of hydrogen-bond donors (Lipinski definition) is 1. The predicted octanol–water partition coefficient (Wildman–Crippen LogP) is 4.35. The summed E-state index contributed by atoms with van der Waals surface area (Å²) >= 11 is 1.68. The average Bonchev–Trinajstić information content (AvgIpc) is 3.01. The molecule has 1 atom stereocenters. The predicted molar refractivity (Wildman–Crippen MR) is 85.5 cm³/mol. The number of fused-ring (bicyclic) bond motifs is 1. The van der Waals surface area contributed by atoms with Gasteiger partial charge in [0.05, 0.1) is 12.6 Å². The van der Waals surface area contributed by atoms with E-state index in [1.54, 1.807) is 11.3 Å². The molecule has 1 aromatic heterocycles. The summed E-state index contributed by atoms with van der Waals surface area (Å²) in [5.41, 5.74) is 7.56. The molecule has 0 bridgehead atoms. The molecule has 0 aliphatic carbocycles. The van der Waals surface area contributed by atoms with Crippen molar-refractivity contribution in [1.29, 1.82) is 0 Å². The van der Waals surface area contributed by atoms with Crippen LogP contribution >= 0.6 is 11.3 Å². The number of thiophene rings is 1. The van der Waals surface area contributed by atoms with E-state index in [4.69, 9.17) is 10.5 Å². The van der Waals surface area contributed by atoms with Crippen LogP contribution in [0.2, 0.25) is 0 Å². The average molecular weight is 283 g/mol. The zero-order valence-corrected chi connectivity index (χ0v) is 12.2. The minimum Gasteiger partial charge on any atom is -0.493 e. The van der Waals surface area contributed by atoms with Gasteiger partial charge in [0.15, 0.2) is 0 Å². The Morgan fingerprint density at radius 3 is 2.70 bits per heavy atom. The number of rotatable bonds is 4. The van der Waals surface area contributed by atoms with Crippen LogP contribution in [-0.4, -0.2) is 6.61 Å². The van der Waals surface area contributed by atoms with Crippen molar-refractivity contribution in [2.24, 2.45) is 5.73 Å². The number of ether oxygens (including phenoxy) is 1.